The first-order valence-corrected chi connectivity index (χ1v) is 13.1. The summed E-state index contributed by atoms with van der Waals surface area (Å²) in [6.07, 6.45) is 3.78. The first kappa shape index (κ1) is 24.6. The van der Waals surface area contributed by atoms with Gasteiger partial charge in [0.1, 0.15) is 5.52 Å². The summed E-state index contributed by atoms with van der Waals surface area (Å²) < 4.78 is 6.14. The van der Waals surface area contributed by atoms with Crippen molar-refractivity contribution in [2.45, 2.75) is 26.5 Å². The summed E-state index contributed by atoms with van der Waals surface area (Å²) in [4.78, 5) is 32.1. The van der Waals surface area contributed by atoms with Gasteiger partial charge >= 0.3 is 0 Å². The summed E-state index contributed by atoms with van der Waals surface area (Å²) in [6.45, 7) is 8.58. The van der Waals surface area contributed by atoms with Crippen LogP contribution in [0.1, 0.15) is 27.0 Å². The molecule has 6 rings (SSSR count). The maximum absolute atomic E-state index is 12.5. The van der Waals surface area contributed by atoms with Crippen molar-refractivity contribution in [3.8, 4) is 22.4 Å². The van der Waals surface area contributed by atoms with Crippen LogP contribution in [0, 0.1) is 13.8 Å². The fourth-order valence-electron chi connectivity index (χ4n) is 5.84. The minimum Gasteiger partial charge on any atom is -0.375 e. The fourth-order valence-corrected chi connectivity index (χ4v) is 5.84. The van der Waals surface area contributed by atoms with Crippen LogP contribution in [-0.4, -0.2) is 84.1 Å². The summed E-state index contributed by atoms with van der Waals surface area (Å²) in [5.74, 6) is 0.000470. The molecule has 1 N–H and O–H groups in total. The number of amides is 1. The van der Waals surface area contributed by atoms with E-state index in [4.69, 9.17) is 14.7 Å². The zero-order valence-electron chi connectivity index (χ0n) is 22.7. The number of anilines is 1. The standard InChI is InChI=1S/C30H34N6O2/c1-18-10-20(6-7-24(18)30(37)34(3)4)25-13-31-29-27(25)33-26(14-32-29)21-11-19(2)28-22(12-21)16-38-17-23-15-35(5)8-9-36(23)28/h6-7,10-14,23H,8-9,15-17H2,1-5H3,(H,31,32)/t23-/m0/s1. The summed E-state index contributed by atoms with van der Waals surface area (Å²) in [5, 5.41) is 0. The Labute approximate surface area is 223 Å². The molecule has 2 aromatic heterocycles. The van der Waals surface area contributed by atoms with Gasteiger partial charge in [-0.15, -0.1) is 0 Å². The Hall–Kier alpha value is -3.75. The van der Waals surface area contributed by atoms with Crippen LogP contribution in [0.3, 0.4) is 0 Å². The number of piperazine rings is 1. The first-order chi connectivity index (χ1) is 18.3. The fraction of sp³-hybridized carbons (Fsp3) is 0.367. The molecular weight excluding hydrogens is 476 g/mol. The third kappa shape index (κ3) is 4.23. The second kappa shape index (κ2) is 9.53. The lowest BCUT2D eigenvalue weighted by atomic mass is 9.99. The quantitative estimate of drug-likeness (QED) is 0.444. The number of aromatic amines is 1. The normalized spacial score (nSPS) is 17.7. The van der Waals surface area contributed by atoms with Gasteiger partial charge in [-0.05, 0) is 55.8 Å². The largest absolute Gasteiger partial charge is 0.375 e. The highest BCUT2D eigenvalue weighted by molar-refractivity contribution is 5.97. The van der Waals surface area contributed by atoms with E-state index >= 15 is 0 Å². The highest BCUT2D eigenvalue weighted by Gasteiger charge is 2.31. The molecule has 0 spiro atoms. The molecule has 0 aliphatic carbocycles. The average molecular weight is 511 g/mol. The number of aryl methyl sites for hydroxylation is 2. The Bertz CT molecular complexity index is 1540. The minimum atomic E-state index is 0.000470. The Morgan fingerprint density at radius 1 is 1.11 bits per heavy atom. The van der Waals surface area contributed by atoms with Gasteiger partial charge in [0.25, 0.3) is 5.91 Å². The Kier molecular flexibility index (Phi) is 6.16. The number of hydrogen-bond acceptors (Lipinski definition) is 6. The molecule has 0 radical (unpaired) electrons. The lowest BCUT2D eigenvalue weighted by Crippen LogP contribution is -2.53. The number of ether oxygens (including phenoxy) is 1. The molecule has 4 aromatic rings. The number of carbonyl (C=O) groups is 1. The zero-order chi connectivity index (χ0) is 26.6. The zero-order valence-corrected chi connectivity index (χ0v) is 22.7. The summed E-state index contributed by atoms with van der Waals surface area (Å²) in [5.41, 5.74) is 10.8. The monoisotopic (exact) mass is 510 g/mol. The molecular formula is C30H34N6O2. The van der Waals surface area contributed by atoms with Crippen molar-refractivity contribution in [3.05, 3.63) is 65.0 Å². The van der Waals surface area contributed by atoms with E-state index in [9.17, 15) is 4.79 Å². The maximum Gasteiger partial charge on any atom is 0.253 e. The predicted octanol–water partition coefficient (Wildman–Crippen LogP) is 4.26. The van der Waals surface area contributed by atoms with Crippen molar-refractivity contribution >= 4 is 22.8 Å². The van der Waals surface area contributed by atoms with Gasteiger partial charge in [-0.25, -0.2) is 9.97 Å². The number of likely N-dealkylation sites (N-methyl/N-ethyl adjacent to an activating group) is 1. The molecule has 38 heavy (non-hydrogen) atoms. The molecule has 2 aromatic carbocycles. The number of nitrogens with zero attached hydrogens (tertiary/aromatic N) is 5. The molecule has 8 nitrogen and oxygen atoms in total. The van der Waals surface area contributed by atoms with E-state index in [2.05, 4.69) is 40.9 Å². The minimum absolute atomic E-state index is 0.000470. The third-order valence-corrected chi connectivity index (χ3v) is 7.77. The number of fused-ring (bicyclic) bond motifs is 4. The predicted molar refractivity (Wildman–Crippen MR) is 151 cm³/mol. The van der Waals surface area contributed by atoms with Gasteiger partial charge in [-0.2, -0.15) is 0 Å². The molecule has 1 saturated heterocycles. The van der Waals surface area contributed by atoms with E-state index in [0.717, 1.165) is 65.4 Å². The van der Waals surface area contributed by atoms with Crippen LogP contribution in [0.15, 0.2) is 42.7 Å². The number of carbonyl (C=O) groups excluding carboxylic acids is 1. The van der Waals surface area contributed by atoms with E-state index in [1.54, 1.807) is 19.0 Å². The Morgan fingerprint density at radius 3 is 2.71 bits per heavy atom. The van der Waals surface area contributed by atoms with Crippen LogP contribution in [0.5, 0.6) is 0 Å². The van der Waals surface area contributed by atoms with E-state index in [1.807, 2.05) is 37.5 Å². The van der Waals surface area contributed by atoms with Crippen molar-refractivity contribution in [3.63, 3.8) is 0 Å². The molecule has 196 valence electrons. The van der Waals surface area contributed by atoms with Crippen molar-refractivity contribution in [2.75, 3.05) is 52.3 Å². The smallest absolute Gasteiger partial charge is 0.253 e. The molecule has 8 heteroatoms. The number of hydrogen-bond donors (Lipinski definition) is 1. The molecule has 1 fully saturated rings. The van der Waals surface area contributed by atoms with E-state index in [-0.39, 0.29) is 5.91 Å². The lowest BCUT2D eigenvalue weighted by Gasteiger charge is -2.41. The van der Waals surface area contributed by atoms with E-state index < -0.39 is 0 Å². The van der Waals surface area contributed by atoms with Crippen LogP contribution in [0.2, 0.25) is 0 Å². The Balaban J connectivity index is 1.38. The molecule has 4 heterocycles. The van der Waals surface area contributed by atoms with Gasteiger partial charge in [-0.3, -0.25) is 4.79 Å². The van der Waals surface area contributed by atoms with E-state index in [0.29, 0.717) is 18.2 Å². The maximum atomic E-state index is 12.5. The van der Waals surface area contributed by atoms with Crippen LogP contribution in [-0.2, 0) is 11.3 Å². The van der Waals surface area contributed by atoms with Crippen molar-refractivity contribution in [1.29, 1.82) is 0 Å². The summed E-state index contributed by atoms with van der Waals surface area (Å²) >= 11 is 0. The second-order valence-electron chi connectivity index (χ2n) is 10.8. The number of nitrogens with one attached hydrogen (secondary N) is 1. The molecule has 0 unspecified atom stereocenters. The van der Waals surface area contributed by atoms with Crippen LogP contribution in [0.4, 0.5) is 5.69 Å². The second-order valence-corrected chi connectivity index (χ2v) is 10.8. The number of aromatic nitrogens is 3. The lowest BCUT2D eigenvalue weighted by molar-refractivity contribution is 0.0827. The number of rotatable bonds is 3. The molecule has 0 bridgehead atoms. The highest BCUT2D eigenvalue weighted by atomic mass is 16.5. The van der Waals surface area contributed by atoms with Gasteiger partial charge in [0.2, 0.25) is 0 Å². The molecule has 2 aliphatic rings. The van der Waals surface area contributed by atoms with Gasteiger partial charge in [0.15, 0.2) is 5.65 Å². The molecule has 1 amide bonds. The van der Waals surface area contributed by atoms with Gasteiger partial charge < -0.3 is 24.4 Å². The third-order valence-electron chi connectivity index (χ3n) is 7.77. The molecule has 0 saturated carbocycles. The average Bonchev–Trinajstić information content (AvgIpc) is 3.23. The van der Waals surface area contributed by atoms with Gasteiger partial charge in [0.05, 0.1) is 31.1 Å². The number of H-pyrrole nitrogens is 1. The summed E-state index contributed by atoms with van der Waals surface area (Å²) in [6, 6.07) is 10.7. The van der Waals surface area contributed by atoms with Crippen LogP contribution < -0.4 is 4.90 Å². The first-order valence-electron chi connectivity index (χ1n) is 13.1. The molecule has 1 atom stereocenters. The topological polar surface area (TPSA) is 77.6 Å². The SMILES string of the molecule is Cc1cc(-c2c[nH]c3ncc(-c4cc(C)c5c(c4)COC[C@@H]4CN(C)CCN54)nc23)ccc1C(=O)N(C)C. The van der Waals surface area contributed by atoms with E-state index in [1.165, 1.54) is 16.8 Å². The van der Waals surface area contributed by atoms with Crippen LogP contribution >= 0.6 is 0 Å². The highest BCUT2D eigenvalue weighted by Crippen LogP contribution is 2.36. The van der Waals surface area contributed by atoms with Gasteiger partial charge in [-0.1, -0.05) is 12.1 Å². The van der Waals surface area contributed by atoms with Gasteiger partial charge in [0, 0.05) is 67.9 Å². The van der Waals surface area contributed by atoms with Crippen molar-refractivity contribution in [2.24, 2.45) is 0 Å². The number of benzene rings is 2. The summed E-state index contributed by atoms with van der Waals surface area (Å²) in [7, 11) is 5.72. The Morgan fingerprint density at radius 2 is 1.92 bits per heavy atom. The van der Waals surface area contributed by atoms with Crippen molar-refractivity contribution < 1.29 is 9.53 Å². The van der Waals surface area contributed by atoms with Crippen molar-refractivity contribution in [1.82, 2.24) is 24.8 Å². The molecule has 2 aliphatic heterocycles. The van der Waals surface area contributed by atoms with Crippen LogP contribution in [0.25, 0.3) is 33.5 Å².